The Kier molecular flexibility index (Phi) is 5.98. The molecule has 2 amide bonds. The highest BCUT2D eigenvalue weighted by molar-refractivity contribution is 6.11. The van der Waals surface area contributed by atoms with E-state index < -0.39 is 17.2 Å². The van der Waals surface area contributed by atoms with E-state index in [2.05, 4.69) is 22.3 Å². The molecule has 1 spiro atoms. The molecule has 1 aromatic carbocycles. The number of carbonyl (C=O) groups is 2. The summed E-state index contributed by atoms with van der Waals surface area (Å²) in [4.78, 5) is 34.2. The van der Waals surface area contributed by atoms with Gasteiger partial charge in [0.05, 0.1) is 0 Å². The quantitative estimate of drug-likeness (QED) is 0.846. The largest absolute Gasteiger partial charge is 0.444 e. The summed E-state index contributed by atoms with van der Waals surface area (Å²) in [6, 6.07) is 10.2. The summed E-state index contributed by atoms with van der Waals surface area (Å²) in [5, 5.41) is 2.70. The van der Waals surface area contributed by atoms with Crippen molar-refractivity contribution >= 4 is 18.0 Å². The number of carbonyl (C=O) groups excluding carboxylic acids is 2. The maximum absolute atomic E-state index is 13.3. The van der Waals surface area contributed by atoms with E-state index in [0.717, 1.165) is 19.6 Å². The lowest BCUT2D eigenvalue weighted by atomic mass is 9.87. The van der Waals surface area contributed by atoms with Crippen molar-refractivity contribution in [2.75, 3.05) is 13.1 Å². The highest BCUT2D eigenvalue weighted by Crippen LogP contribution is 2.34. The molecule has 0 radical (unpaired) electrons. The molecule has 2 heterocycles. The first kappa shape index (κ1) is 21.3. The summed E-state index contributed by atoms with van der Waals surface area (Å²) in [7, 11) is 0. The van der Waals surface area contributed by atoms with Gasteiger partial charge in [-0.1, -0.05) is 30.3 Å². The second-order valence-electron chi connectivity index (χ2n) is 9.12. The monoisotopic (exact) mass is 400 g/mol. The standard InChI is InChI=1S/C22H32N4O3/c1-16(2)26-18(27)22(24-19(26)23-20(28)29-21(3,4)5)11-13-25(14-12-22)15-17-9-7-6-8-10-17/h6-10,16H,11-15H2,1-5H3,(H,23,24,28). The van der Waals surface area contributed by atoms with Crippen molar-refractivity contribution in [3.63, 3.8) is 0 Å². The van der Waals surface area contributed by atoms with Crippen LogP contribution in [0.4, 0.5) is 4.79 Å². The molecular weight excluding hydrogens is 368 g/mol. The third-order valence-corrected chi connectivity index (χ3v) is 5.23. The number of hydrogen-bond donors (Lipinski definition) is 1. The molecule has 2 aliphatic heterocycles. The van der Waals surface area contributed by atoms with Gasteiger partial charge in [0, 0.05) is 25.7 Å². The predicted molar refractivity (Wildman–Crippen MR) is 112 cm³/mol. The number of ether oxygens (including phenoxy) is 1. The van der Waals surface area contributed by atoms with Crippen molar-refractivity contribution in [3.05, 3.63) is 35.9 Å². The Bertz CT molecular complexity index is 775. The van der Waals surface area contributed by atoms with Crippen LogP contribution in [0.3, 0.4) is 0 Å². The van der Waals surface area contributed by atoms with Crippen LogP contribution in [0.5, 0.6) is 0 Å². The van der Waals surface area contributed by atoms with E-state index in [4.69, 9.17) is 9.73 Å². The van der Waals surface area contributed by atoms with Crippen molar-refractivity contribution in [1.82, 2.24) is 15.1 Å². The Morgan fingerprint density at radius 1 is 1.21 bits per heavy atom. The third kappa shape index (κ3) is 4.96. The SMILES string of the molecule is CC(C)N1C(=O)C2(CCN(Cc3ccccc3)CC2)N=C1NC(=O)OC(C)(C)C. The number of benzene rings is 1. The second kappa shape index (κ2) is 8.14. The molecule has 0 aromatic heterocycles. The number of rotatable bonds is 3. The predicted octanol–water partition coefficient (Wildman–Crippen LogP) is 3.15. The maximum Gasteiger partial charge on any atom is 0.414 e. The molecule has 0 bridgehead atoms. The smallest absolute Gasteiger partial charge is 0.414 e. The number of alkyl carbamates (subject to hydrolysis) is 1. The fraction of sp³-hybridized carbons (Fsp3) is 0.591. The fourth-order valence-electron chi connectivity index (χ4n) is 3.84. The molecule has 0 saturated carbocycles. The summed E-state index contributed by atoms with van der Waals surface area (Å²) in [5.41, 5.74) is -0.140. The molecule has 158 valence electrons. The van der Waals surface area contributed by atoms with Gasteiger partial charge in [-0.15, -0.1) is 0 Å². The van der Waals surface area contributed by atoms with Gasteiger partial charge in [0.25, 0.3) is 5.91 Å². The highest BCUT2D eigenvalue weighted by Gasteiger charge is 2.51. The molecule has 7 heteroatoms. The van der Waals surface area contributed by atoms with Crippen LogP contribution in [-0.2, 0) is 16.1 Å². The van der Waals surface area contributed by atoms with Crippen molar-refractivity contribution in [3.8, 4) is 0 Å². The van der Waals surface area contributed by atoms with Crippen LogP contribution in [-0.4, -0.2) is 58.0 Å². The van der Waals surface area contributed by atoms with Crippen LogP contribution in [0.15, 0.2) is 35.3 Å². The molecule has 0 aliphatic carbocycles. The molecule has 1 fully saturated rings. The van der Waals surface area contributed by atoms with Gasteiger partial charge >= 0.3 is 6.09 Å². The van der Waals surface area contributed by atoms with Crippen molar-refractivity contribution in [2.45, 2.75) is 71.2 Å². The van der Waals surface area contributed by atoms with E-state index >= 15 is 0 Å². The van der Waals surface area contributed by atoms with Crippen LogP contribution in [0.1, 0.15) is 53.0 Å². The number of nitrogens with zero attached hydrogens (tertiary/aromatic N) is 3. The van der Waals surface area contributed by atoms with Gasteiger partial charge in [-0.05, 0) is 53.0 Å². The second-order valence-corrected chi connectivity index (χ2v) is 9.12. The zero-order valence-electron chi connectivity index (χ0n) is 18.1. The third-order valence-electron chi connectivity index (χ3n) is 5.23. The first-order valence-corrected chi connectivity index (χ1v) is 10.3. The van der Waals surface area contributed by atoms with E-state index in [1.807, 2.05) is 32.0 Å². The minimum absolute atomic E-state index is 0.0297. The lowest BCUT2D eigenvalue weighted by molar-refractivity contribution is -0.134. The summed E-state index contributed by atoms with van der Waals surface area (Å²) < 4.78 is 5.35. The molecule has 0 atom stereocenters. The number of nitrogens with one attached hydrogen (secondary N) is 1. The lowest BCUT2D eigenvalue weighted by Crippen LogP contribution is -2.53. The Balaban J connectivity index is 1.71. The molecule has 29 heavy (non-hydrogen) atoms. The van der Waals surface area contributed by atoms with Crippen LogP contribution in [0, 0.1) is 0 Å². The molecule has 7 nitrogen and oxygen atoms in total. The van der Waals surface area contributed by atoms with E-state index in [1.54, 1.807) is 25.7 Å². The van der Waals surface area contributed by atoms with Crippen LogP contribution < -0.4 is 5.32 Å². The van der Waals surface area contributed by atoms with E-state index in [-0.39, 0.29) is 11.9 Å². The topological polar surface area (TPSA) is 74.2 Å². The molecular formula is C22H32N4O3. The number of amides is 2. The van der Waals surface area contributed by atoms with Gasteiger partial charge in [0.1, 0.15) is 11.1 Å². The Labute approximate surface area is 173 Å². The number of aliphatic imine (C=N–C) groups is 1. The number of guanidine groups is 1. The summed E-state index contributed by atoms with van der Waals surface area (Å²) in [6.45, 7) is 11.7. The first-order chi connectivity index (χ1) is 13.6. The minimum atomic E-state index is -0.790. The van der Waals surface area contributed by atoms with Gasteiger partial charge in [-0.2, -0.15) is 0 Å². The molecule has 1 saturated heterocycles. The average Bonchev–Trinajstić information content (AvgIpc) is 2.88. The van der Waals surface area contributed by atoms with E-state index in [9.17, 15) is 9.59 Å². The molecule has 2 aliphatic rings. The fourth-order valence-corrected chi connectivity index (χ4v) is 3.84. The van der Waals surface area contributed by atoms with Gasteiger partial charge in [0.15, 0.2) is 0 Å². The number of hydrogen-bond acceptors (Lipinski definition) is 5. The average molecular weight is 401 g/mol. The zero-order chi connectivity index (χ0) is 21.2. The van der Waals surface area contributed by atoms with E-state index in [0.29, 0.717) is 18.8 Å². The van der Waals surface area contributed by atoms with Gasteiger partial charge in [-0.25, -0.2) is 9.79 Å². The molecule has 0 unspecified atom stereocenters. The zero-order valence-corrected chi connectivity index (χ0v) is 18.1. The first-order valence-electron chi connectivity index (χ1n) is 10.3. The van der Waals surface area contributed by atoms with Crippen molar-refractivity contribution < 1.29 is 14.3 Å². The van der Waals surface area contributed by atoms with Crippen molar-refractivity contribution in [1.29, 1.82) is 0 Å². The van der Waals surface area contributed by atoms with Gasteiger partial charge in [0.2, 0.25) is 5.96 Å². The maximum atomic E-state index is 13.3. The summed E-state index contributed by atoms with van der Waals surface area (Å²) >= 11 is 0. The Hall–Kier alpha value is -2.41. The van der Waals surface area contributed by atoms with Crippen molar-refractivity contribution in [2.24, 2.45) is 4.99 Å². The van der Waals surface area contributed by atoms with Gasteiger partial charge < -0.3 is 4.74 Å². The molecule has 3 rings (SSSR count). The van der Waals surface area contributed by atoms with Crippen LogP contribution >= 0.6 is 0 Å². The molecule has 1 N–H and O–H groups in total. The van der Waals surface area contributed by atoms with E-state index in [1.165, 1.54) is 5.56 Å². The summed E-state index contributed by atoms with van der Waals surface area (Å²) in [6.07, 6.45) is 0.691. The minimum Gasteiger partial charge on any atom is -0.444 e. The van der Waals surface area contributed by atoms with Crippen LogP contribution in [0.2, 0.25) is 0 Å². The lowest BCUT2D eigenvalue weighted by Gasteiger charge is -2.36. The number of piperidine rings is 1. The normalized spacial score (nSPS) is 19.6. The Morgan fingerprint density at radius 3 is 2.38 bits per heavy atom. The number of likely N-dealkylation sites (tertiary alicyclic amines) is 1. The Morgan fingerprint density at radius 2 is 1.83 bits per heavy atom. The summed E-state index contributed by atoms with van der Waals surface area (Å²) in [5.74, 6) is 0.272. The van der Waals surface area contributed by atoms with Crippen LogP contribution in [0.25, 0.3) is 0 Å². The highest BCUT2D eigenvalue weighted by atomic mass is 16.6. The molecule has 1 aromatic rings. The van der Waals surface area contributed by atoms with Gasteiger partial charge in [-0.3, -0.25) is 19.9 Å².